The van der Waals surface area contributed by atoms with Crippen LogP contribution in [0.3, 0.4) is 0 Å². The topological polar surface area (TPSA) is 95.9 Å². The van der Waals surface area contributed by atoms with E-state index in [0.717, 1.165) is 70.6 Å². The fraction of sp³-hybridized carbons (Fsp3) is 0.760. The van der Waals surface area contributed by atoms with E-state index in [1.165, 1.54) is 103 Å². The summed E-state index contributed by atoms with van der Waals surface area (Å²) in [5.74, 6) is -0.517. The molecule has 0 radical (unpaired) electrons. The van der Waals surface area contributed by atoms with Crippen molar-refractivity contribution in [2.45, 2.75) is 238 Å². The molecule has 0 aliphatic carbocycles. The Kier molecular flexibility index (Phi) is 41.8. The maximum atomic E-state index is 13.1. The highest BCUT2D eigenvalue weighted by Crippen LogP contribution is 2.17. The molecule has 0 aromatic rings. The summed E-state index contributed by atoms with van der Waals surface area (Å²) < 4.78 is 5.89. The Morgan fingerprint density at radius 3 is 1.45 bits per heavy atom. The third-order valence-corrected chi connectivity index (χ3v) is 10.5. The Hall–Kier alpha value is -2.44. The number of rotatable bonds is 41. The van der Waals surface area contributed by atoms with Gasteiger partial charge in [0.15, 0.2) is 0 Å². The van der Waals surface area contributed by atoms with Crippen LogP contribution in [0.1, 0.15) is 220 Å². The van der Waals surface area contributed by atoms with Crippen molar-refractivity contribution in [3.05, 3.63) is 60.8 Å². The second-order valence-corrected chi connectivity index (χ2v) is 15.9. The standard InChI is InChI=1S/C50H89NO5/c1-4-7-10-13-16-19-22-23-24-25-26-28-29-32-35-38-41-46(56-50(55)43-40-37-34-31-27-20-17-14-11-8-5-2)44-49(54)51-47(45-52)48(53)42-39-36-33-30-21-18-15-12-9-6-3/h10,13,16,19,22-26,28,46-48,52-53H,4-9,11-12,14-15,17-18,20-21,27,29-45H2,1-3H3,(H,51,54)/b13-10+,19-16+,23-22+,25-24+,28-26+. The third kappa shape index (κ3) is 38.4. The molecule has 6 nitrogen and oxygen atoms in total. The van der Waals surface area contributed by atoms with E-state index in [0.29, 0.717) is 19.3 Å². The van der Waals surface area contributed by atoms with Crippen LogP contribution in [-0.2, 0) is 14.3 Å². The van der Waals surface area contributed by atoms with Crippen molar-refractivity contribution < 1.29 is 24.5 Å². The molecule has 0 bridgehead atoms. The zero-order valence-electron chi connectivity index (χ0n) is 36.8. The van der Waals surface area contributed by atoms with E-state index in [1.807, 2.05) is 36.5 Å². The normalized spacial score (nSPS) is 13.9. The van der Waals surface area contributed by atoms with Gasteiger partial charge in [0.05, 0.1) is 25.2 Å². The first-order valence-electron chi connectivity index (χ1n) is 23.6. The van der Waals surface area contributed by atoms with Crippen molar-refractivity contribution in [1.29, 1.82) is 0 Å². The van der Waals surface area contributed by atoms with Gasteiger partial charge in [-0.15, -0.1) is 0 Å². The number of aliphatic hydroxyl groups is 2. The van der Waals surface area contributed by atoms with Gasteiger partial charge in [0.1, 0.15) is 6.10 Å². The van der Waals surface area contributed by atoms with Gasteiger partial charge in [0, 0.05) is 6.42 Å². The molecule has 0 aromatic heterocycles. The first-order chi connectivity index (χ1) is 27.5. The molecule has 0 saturated heterocycles. The summed E-state index contributed by atoms with van der Waals surface area (Å²) >= 11 is 0. The molecule has 0 heterocycles. The van der Waals surface area contributed by atoms with Crippen LogP contribution in [0.5, 0.6) is 0 Å². The summed E-state index contributed by atoms with van der Waals surface area (Å²) in [5.41, 5.74) is 0. The number of allylic oxidation sites excluding steroid dienone is 10. The first kappa shape index (κ1) is 53.6. The average Bonchev–Trinajstić information content (AvgIpc) is 3.19. The van der Waals surface area contributed by atoms with Crippen molar-refractivity contribution in [3.8, 4) is 0 Å². The molecule has 1 amide bonds. The quantitative estimate of drug-likeness (QED) is 0.0326. The number of esters is 1. The number of unbranched alkanes of at least 4 members (excludes halogenated alkanes) is 23. The van der Waals surface area contributed by atoms with Crippen molar-refractivity contribution in [3.63, 3.8) is 0 Å². The van der Waals surface area contributed by atoms with Crippen molar-refractivity contribution >= 4 is 11.9 Å². The fourth-order valence-electron chi connectivity index (χ4n) is 6.87. The Balaban J connectivity index is 4.72. The van der Waals surface area contributed by atoms with E-state index in [-0.39, 0.29) is 24.9 Å². The third-order valence-electron chi connectivity index (χ3n) is 10.5. The van der Waals surface area contributed by atoms with Gasteiger partial charge in [-0.05, 0) is 44.9 Å². The minimum absolute atomic E-state index is 0.0495. The van der Waals surface area contributed by atoms with Gasteiger partial charge in [0.2, 0.25) is 5.91 Å². The van der Waals surface area contributed by atoms with Crippen LogP contribution in [-0.4, -0.2) is 46.9 Å². The van der Waals surface area contributed by atoms with E-state index in [1.54, 1.807) is 0 Å². The number of nitrogens with one attached hydrogen (secondary N) is 1. The molecule has 0 aliphatic heterocycles. The second-order valence-electron chi connectivity index (χ2n) is 15.9. The van der Waals surface area contributed by atoms with Gasteiger partial charge < -0.3 is 20.3 Å². The summed E-state index contributed by atoms with van der Waals surface area (Å²) in [6, 6.07) is -0.714. The first-order valence-corrected chi connectivity index (χ1v) is 23.6. The summed E-state index contributed by atoms with van der Waals surface area (Å²) in [6.07, 6.45) is 52.7. The summed E-state index contributed by atoms with van der Waals surface area (Å²) in [7, 11) is 0. The average molecular weight is 784 g/mol. The SMILES string of the molecule is CCC/C=C/C=C/C=C/C=C/C=C/CCCCCC(CC(=O)NC(CO)C(O)CCCCCCCCCCCC)OC(=O)CCCCCCCCCCCCC. The van der Waals surface area contributed by atoms with Crippen LogP contribution >= 0.6 is 0 Å². The molecule has 3 N–H and O–H groups in total. The lowest BCUT2D eigenvalue weighted by Gasteiger charge is -2.24. The van der Waals surface area contributed by atoms with Crippen molar-refractivity contribution in [2.75, 3.05) is 6.61 Å². The minimum Gasteiger partial charge on any atom is -0.462 e. The molecule has 6 heteroatoms. The van der Waals surface area contributed by atoms with E-state index >= 15 is 0 Å². The van der Waals surface area contributed by atoms with E-state index in [9.17, 15) is 19.8 Å². The lowest BCUT2D eigenvalue weighted by atomic mass is 10.0. The van der Waals surface area contributed by atoms with Gasteiger partial charge in [0.25, 0.3) is 0 Å². The number of amides is 1. The Morgan fingerprint density at radius 2 is 0.946 bits per heavy atom. The number of hydrogen-bond donors (Lipinski definition) is 3. The molecule has 3 unspecified atom stereocenters. The largest absolute Gasteiger partial charge is 0.462 e. The summed E-state index contributed by atoms with van der Waals surface area (Å²) in [6.45, 7) is 6.35. The predicted molar refractivity (Wildman–Crippen MR) is 241 cm³/mol. The molecular formula is C50H89NO5. The molecule has 3 atom stereocenters. The van der Waals surface area contributed by atoms with E-state index in [4.69, 9.17) is 4.74 Å². The number of ether oxygens (including phenoxy) is 1. The molecule has 56 heavy (non-hydrogen) atoms. The van der Waals surface area contributed by atoms with Crippen LogP contribution < -0.4 is 5.32 Å². The molecule has 0 aromatic carbocycles. The van der Waals surface area contributed by atoms with Gasteiger partial charge >= 0.3 is 5.97 Å². The zero-order valence-corrected chi connectivity index (χ0v) is 36.8. The Morgan fingerprint density at radius 1 is 0.518 bits per heavy atom. The zero-order chi connectivity index (χ0) is 41.0. The highest BCUT2D eigenvalue weighted by atomic mass is 16.5. The molecular weight excluding hydrogens is 695 g/mol. The smallest absolute Gasteiger partial charge is 0.306 e. The maximum Gasteiger partial charge on any atom is 0.306 e. The molecule has 0 aliphatic rings. The molecule has 0 saturated carbocycles. The van der Waals surface area contributed by atoms with Crippen LogP contribution in [0.25, 0.3) is 0 Å². The van der Waals surface area contributed by atoms with Gasteiger partial charge in [-0.1, -0.05) is 223 Å². The van der Waals surface area contributed by atoms with Crippen LogP contribution in [0, 0.1) is 0 Å². The van der Waals surface area contributed by atoms with E-state index in [2.05, 4.69) is 50.4 Å². The lowest BCUT2D eigenvalue weighted by molar-refractivity contribution is -0.151. The van der Waals surface area contributed by atoms with Crippen molar-refractivity contribution in [1.82, 2.24) is 5.32 Å². The van der Waals surface area contributed by atoms with Crippen LogP contribution in [0.4, 0.5) is 0 Å². The van der Waals surface area contributed by atoms with Crippen LogP contribution in [0.2, 0.25) is 0 Å². The molecule has 0 spiro atoms. The fourth-order valence-corrected chi connectivity index (χ4v) is 6.87. The summed E-state index contributed by atoms with van der Waals surface area (Å²) in [5, 5.41) is 23.6. The monoisotopic (exact) mass is 784 g/mol. The Labute approximate surface area is 346 Å². The maximum absolute atomic E-state index is 13.1. The second kappa shape index (κ2) is 43.7. The molecule has 324 valence electrons. The minimum atomic E-state index is -0.798. The highest BCUT2D eigenvalue weighted by Gasteiger charge is 2.24. The summed E-state index contributed by atoms with van der Waals surface area (Å²) in [4.78, 5) is 26.0. The number of aliphatic hydroxyl groups excluding tert-OH is 2. The van der Waals surface area contributed by atoms with Crippen molar-refractivity contribution in [2.24, 2.45) is 0 Å². The van der Waals surface area contributed by atoms with Gasteiger partial charge in [-0.2, -0.15) is 0 Å². The van der Waals surface area contributed by atoms with Crippen LogP contribution in [0.15, 0.2) is 60.8 Å². The lowest BCUT2D eigenvalue weighted by Crippen LogP contribution is -2.46. The predicted octanol–water partition coefficient (Wildman–Crippen LogP) is 13.7. The molecule has 0 rings (SSSR count). The van der Waals surface area contributed by atoms with Gasteiger partial charge in [-0.25, -0.2) is 0 Å². The molecule has 0 fully saturated rings. The number of hydrogen-bond acceptors (Lipinski definition) is 5. The highest BCUT2D eigenvalue weighted by molar-refractivity contribution is 5.77. The number of carbonyl (C=O) groups is 2. The van der Waals surface area contributed by atoms with E-state index < -0.39 is 18.2 Å². The Bertz CT molecular complexity index is 1010. The van der Waals surface area contributed by atoms with Gasteiger partial charge in [-0.3, -0.25) is 9.59 Å². The number of carbonyl (C=O) groups excluding carboxylic acids is 2.